The lowest BCUT2D eigenvalue weighted by Crippen LogP contribution is -2.52. The van der Waals surface area contributed by atoms with Crippen molar-refractivity contribution in [2.24, 2.45) is 0 Å². The van der Waals surface area contributed by atoms with Crippen LogP contribution in [0.3, 0.4) is 0 Å². The first kappa shape index (κ1) is 25.2. The SMILES string of the molecule is Cc1ccccc1CN(CC(=O)N1CCN(c2ccccc2F)CC1)S(=O)(=O)c1ccc(Cl)cc1. The van der Waals surface area contributed by atoms with E-state index in [1.54, 1.807) is 23.1 Å². The maximum absolute atomic E-state index is 14.2. The first-order valence-corrected chi connectivity index (χ1v) is 13.1. The van der Waals surface area contributed by atoms with Gasteiger partial charge in [0.05, 0.1) is 17.1 Å². The molecule has 0 aliphatic carbocycles. The average molecular weight is 516 g/mol. The number of halogens is 2. The summed E-state index contributed by atoms with van der Waals surface area (Å²) in [6.07, 6.45) is 0. The number of para-hydroxylation sites is 1. The second-order valence-corrected chi connectivity index (χ2v) is 10.8. The van der Waals surface area contributed by atoms with E-state index >= 15 is 0 Å². The third kappa shape index (κ3) is 5.83. The van der Waals surface area contributed by atoms with Gasteiger partial charge in [-0.05, 0) is 54.4 Å². The first-order chi connectivity index (χ1) is 16.8. The fourth-order valence-electron chi connectivity index (χ4n) is 4.11. The number of anilines is 1. The Labute approximate surface area is 210 Å². The number of sulfonamides is 1. The molecule has 0 bridgehead atoms. The molecule has 1 fully saturated rings. The van der Waals surface area contributed by atoms with Crippen molar-refractivity contribution < 1.29 is 17.6 Å². The minimum absolute atomic E-state index is 0.0680. The minimum atomic E-state index is -3.96. The molecule has 3 aromatic rings. The molecule has 184 valence electrons. The first-order valence-electron chi connectivity index (χ1n) is 11.3. The zero-order valence-electron chi connectivity index (χ0n) is 19.4. The molecule has 1 aliphatic heterocycles. The van der Waals surface area contributed by atoms with E-state index in [-0.39, 0.29) is 29.7 Å². The number of rotatable bonds is 7. The van der Waals surface area contributed by atoms with Gasteiger partial charge in [-0.25, -0.2) is 12.8 Å². The maximum atomic E-state index is 14.2. The van der Waals surface area contributed by atoms with Crippen LogP contribution in [0.25, 0.3) is 0 Å². The molecule has 0 saturated carbocycles. The number of hydrogen-bond donors (Lipinski definition) is 0. The Morgan fingerprint density at radius 3 is 2.23 bits per heavy atom. The van der Waals surface area contributed by atoms with Crippen molar-refractivity contribution in [1.82, 2.24) is 9.21 Å². The summed E-state index contributed by atoms with van der Waals surface area (Å²) in [7, 11) is -3.96. The van der Waals surface area contributed by atoms with Gasteiger partial charge in [0.25, 0.3) is 0 Å². The summed E-state index contributed by atoms with van der Waals surface area (Å²) >= 11 is 5.95. The molecule has 1 saturated heterocycles. The predicted octanol–water partition coefficient (Wildman–Crippen LogP) is 4.33. The molecular weight excluding hydrogens is 489 g/mol. The zero-order chi connectivity index (χ0) is 25.0. The molecule has 0 radical (unpaired) electrons. The quantitative estimate of drug-likeness (QED) is 0.470. The van der Waals surface area contributed by atoms with E-state index in [9.17, 15) is 17.6 Å². The van der Waals surface area contributed by atoms with Gasteiger partial charge in [0.2, 0.25) is 15.9 Å². The van der Waals surface area contributed by atoms with Crippen molar-refractivity contribution >= 4 is 33.2 Å². The van der Waals surface area contributed by atoms with Crippen LogP contribution in [0.1, 0.15) is 11.1 Å². The largest absolute Gasteiger partial charge is 0.366 e. The Morgan fingerprint density at radius 2 is 1.57 bits per heavy atom. The number of aryl methyl sites for hydroxylation is 1. The van der Waals surface area contributed by atoms with Crippen LogP contribution in [-0.4, -0.2) is 56.3 Å². The molecular formula is C26H27ClFN3O3S. The molecule has 6 nitrogen and oxygen atoms in total. The summed E-state index contributed by atoms with van der Waals surface area (Å²) in [5.41, 5.74) is 2.27. The van der Waals surface area contributed by atoms with Gasteiger partial charge < -0.3 is 9.80 Å². The predicted molar refractivity (Wildman–Crippen MR) is 135 cm³/mol. The normalized spacial score (nSPS) is 14.4. The van der Waals surface area contributed by atoms with E-state index in [1.165, 1.54) is 34.6 Å². The summed E-state index contributed by atoms with van der Waals surface area (Å²) in [6.45, 7) is 3.38. The van der Waals surface area contributed by atoms with Crippen LogP contribution in [0.5, 0.6) is 0 Å². The lowest BCUT2D eigenvalue weighted by molar-refractivity contribution is -0.131. The monoisotopic (exact) mass is 515 g/mol. The van der Waals surface area contributed by atoms with E-state index in [0.717, 1.165) is 11.1 Å². The molecule has 0 aromatic heterocycles. The number of hydrogen-bond acceptors (Lipinski definition) is 4. The van der Waals surface area contributed by atoms with Crippen molar-refractivity contribution in [1.29, 1.82) is 0 Å². The van der Waals surface area contributed by atoms with E-state index in [1.807, 2.05) is 36.1 Å². The average Bonchev–Trinajstić information content (AvgIpc) is 2.85. The van der Waals surface area contributed by atoms with Crippen LogP contribution in [0.2, 0.25) is 5.02 Å². The van der Waals surface area contributed by atoms with Crippen LogP contribution in [0.4, 0.5) is 10.1 Å². The Bertz CT molecular complexity index is 1290. The number of benzene rings is 3. The van der Waals surface area contributed by atoms with Gasteiger partial charge in [-0.1, -0.05) is 48.0 Å². The fourth-order valence-corrected chi connectivity index (χ4v) is 5.61. The highest BCUT2D eigenvalue weighted by Gasteiger charge is 2.30. The molecule has 1 amide bonds. The highest BCUT2D eigenvalue weighted by Crippen LogP contribution is 2.23. The third-order valence-electron chi connectivity index (χ3n) is 6.20. The van der Waals surface area contributed by atoms with Crippen LogP contribution >= 0.6 is 11.6 Å². The summed E-state index contributed by atoms with van der Waals surface area (Å²) in [4.78, 5) is 16.8. The van der Waals surface area contributed by atoms with Crippen molar-refractivity contribution in [3.05, 3.63) is 94.8 Å². The second-order valence-electron chi connectivity index (χ2n) is 8.47. The van der Waals surface area contributed by atoms with Crippen LogP contribution in [0.15, 0.2) is 77.7 Å². The molecule has 1 aliphatic rings. The molecule has 0 atom stereocenters. The number of carbonyl (C=O) groups excluding carboxylic acids is 1. The molecule has 0 N–H and O–H groups in total. The van der Waals surface area contributed by atoms with Crippen LogP contribution in [0, 0.1) is 12.7 Å². The van der Waals surface area contributed by atoms with E-state index in [2.05, 4.69) is 0 Å². The number of nitrogens with zero attached hydrogens (tertiary/aromatic N) is 3. The van der Waals surface area contributed by atoms with Crippen molar-refractivity contribution in [2.45, 2.75) is 18.4 Å². The van der Waals surface area contributed by atoms with E-state index in [0.29, 0.717) is 36.9 Å². The maximum Gasteiger partial charge on any atom is 0.243 e. The number of piperazine rings is 1. The lowest BCUT2D eigenvalue weighted by atomic mass is 10.1. The number of carbonyl (C=O) groups is 1. The zero-order valence-corrected chi connectivity index (χ0v) is 21.0. The smallest absolute Gasteiger partial charge is 0.243 e. The van der Waals surface area contributed by atoms with Crippen molar-refractivity contribution in [2.75, 3.05) is 37.6 Å². The molecule has 1 heterocycles. The Hall–Kier alpha value is -2.94. The van der Waals surface area contributed by atoms with Gasteiger partial charge in [0.15, 0.2) is 0 Å². The Kier molecular flexibility index (Phi) is 7.74. The highest BCUT2D eigenvalue weighted by molar-refractivity contribution is 7.89. The standard InChI is InChI=1S/C26H27ClFN3O3S/c1-20-6-2-3-7-21(20)18-31(35(33,34)23-12-10-22(27)11-13-23)19-26(32)30-16-14-29(15-17-30)25-9-5-4-8-24(25)28/h2-13H,14-19H2,1H3. The van der Waals surface area contributed by atoms with Gasteiger partial charge >= 0.3 is 0 Å². The second kappa shape index (κ2) is 10.8. The molecule has 3 aromatic carbocycles. The summed E-state index contributed by atoms with van der Waals surface area (Å²) in [6, 6.07) is 20.0. The van der Waals surface area contributed by atoms with Gasteiger partial charge in [-0.15, -0.1) is 0 Å². The summed E-state index contributed by atoms with van der Waals surface area (Å²) in [5.74, 6) is -0.588. The van der Waals surface area contributed by atoms with Crippen molar-refractivity contribution in [3.8, 4) is 0 Å². The fraction of sp³-hybridized carbons (Fsp3) is 0.269. The van der Waals surface area contributed by atoms with Crippen LogP contribution < -0.4 is 4.90 Å². The molecule has 9 heteroatoms. The Morgan fingerprint density at radius 1 is 0.943 bits per heavy atom. The minimum Gasteiger partial charge on any atom is -0.366 e. The summed E-state index contributed by atoms with van der Waals surface area (Å²) < 4.78 is 42.4. The van der Waals surface area contributed by atoms with Gasteiger partial charge in [0.1, 0.15) is 5.82 Å². The van der Waals surface area contributed by atoms with Gasteiger partial charge in [-0.3, -0.25) is 4.79 Å². The van der Waals surface area contributed by atoms with Crippen LogP contribution in [-0.2, 0) is 21.4 Å². The molecule has 35 heavy (non-hydrogen) atoms. The molecule has 0 unspecified atom stereocenters. The Balaban J connectivity index is 1.52. The van der Waals surface area contributed by atoms with Crippen molar-refractivity contribution in [3.63, 3.8) is 0 Å². The topological polar surface area (TPSA) is 60.9 Å². The lowest BCUT2D eigenvalue weighted by Gasteiger charge is -2.37. The molecule has 0 spiro atoms. The third-order valence-corrected chi connectivity index (χ3v) is 8.25. The highest BCUT2D eigenvalue weighted by atomic mass is 35.5. The van der Waals surface area contributed by atoms with Gasteiger partial charge in [0, 0.05) is 37.7 Å². The molecule has 4 rings (SSSR count). The van der Waals surface area contributed by atoms with Gasteiger partial charge in [-0.2, -0.15) is 4.31 Å². The summed E-state index contributed by atoms with van der Waals surface area (Å²) in [5, 5.41) is 0.429. The number of amides is 1. The van der Waals surface area contributed by atoms with E-state index in [4.69, 9.17) is 11.6 Å². The van der Waals surface area contributed by atoms with E-state index < -0.39 is 10.0 Å².